The summed E-state index contributed by atoms with van der Waals surface area (Å²) in [4.78, 5) is 0. The van der Waals surface area contributed by atoms with E-state index >= 15 is 0 Å². The van der Waals surface area contributed by atoms with Crippen LogP contribution < -0.4 is 5.73 Å². The summed E-state index contributed by atoms with van der Waals surface area (Å²) in [6.07, 6.45) is 7.96. The van der Waals surface area contributed by atoms with Crippen LogP contribution in [0.1, 0.15) is 32.1 Å². The Hall–Kier alpha value is -0.970. The Kier molecular flexibility index (Phi) is 2.77. The minimum absolute atomic E-state index is 0.367. The summed E-state index contributed by atoms with van der Waals surface area (Å²) in [5, 5.41) is 11.1. The van der Waals surface area contributed by atoms with Crippen molar-refractivity contribution < 1.29 is 0 Å². The number of aromatic nitrogens is 4. The maximum Gasteiger partial charge on any atom is 0.138 e. The van der Waals surface area contributed by atoms with Gasteiger partial charge in [-0.15, -0.1) is 5.10 Å². The van der Waals surface area contributed by atoms with E-state index in [-0.39, 0.29) is 0 Å². The van der Waals surface area contributed by atoms with Gasteiger partial charge in [-0.25, -0.2) is 4.68 Å². The van der Waals surface area contributed by atoms with Gasteiger partial charge in [0.2, 0.25) is 0 Å². The average Bonchev–Trinajstić information content (AvgIpc) is 2.87. The molecule has 1 heterocycles. The van der Waals surface area contributed by atoms with E-state index in [2.05, 4.69) is 15.5 Å². The third-order valence-electron chi connectivity index (χ3n) is 3.36. The van der Waals surface area contributed by atoms with Crippen molar-refractivity contribution >= 4 is 0 Å². The monoisotopic (exact) mass is 195 g/mol. The third kappa shape index (κ3) is 1.92. The van der Waals surface area contributed by atoms with E-state index in [1.807, 2.05) is 0 Å². The van der Waals surface area contributed by atoms with E-state index < -0.39 is 0 Å². The molecule has 0 bridgehead atoms. The van der Waals surface area contributed by atoms with E-state index in [0.717, 1.165) is 19.5 Å². The van der Waals surface area contributed by atoms with Gasteiger partial charge in [-0.05, 0) is 41.6 Å². The van der Waals surface area contributed by atoms with Crippen LogP contribution in [0.15, 0.2) is 6.33 Å². The first-order valence-electron chi connectivity index (χ1n) is 5.26. The topological polar surface area (TPSA) is 69.6 Å². The number of aryl methyl sites for hydroxylation is 1. The zero-order valence-electron chi connectivity index (χ0n) is 8.39. The molecular weight excluding hydrogens is 178 g/mol. The minimum Gasteiger partial charge on any atom is -0.330 e. The van der Waals surface area contributed by atoms with Gasteiger partial charge in [0.05, 0.1) is 0 Å². The van der Waals surface area contributed by atoms with E-state index in [1.54, 1.807) is 11.0 Å². The molecule has 14 heavy (non-hydrogen) atoms. The van der Waals surface area contributed by atoms with Crippen LogP contribution in [0.3, 0.4) is 0 Å². The fourth-order valence-corrected chi connectivity index (χ4v) is 2.32. The lowest BCUT2D eigenvalue weighted by Crippen LogP contribution is -2.28. The van der Waals surface area contributed by atoms with Crippen LogP contribution >= 0.6 is 0 Å². The van der Waals surface area contributed by atoms with Gasteiger partial charge >= 0.3 is 0 Å². The minimum atomic E-state index is 0.367. The standard InChI is InChI=1S/C9H17N5/c10-7-9(3-1-2-4-9)5-6-14-8-11-12-13-14/h8H,1-7,10H2. The summed E-state index contributed by atoms with van der Waals surface area (Å²) in [5.41, 5.74) is 6.21. The Morgan fingerprint density at radius 2 is 2.14 bits per heavy atom. The highest BCUT2D eigenvalue weighted by Crippen LogP contribution is 2.40. The normalized spacial score (nSPS) is 20.1. The largest absolute Gasteiger partial charge is 0.330 e. The molecule has 0 radical (unpaired) electrons. The molecule has 0 aliphatic heterocycles. The Balaban J connectivity index is 1.89. The van der Waals surface area contributed by atoms with Gasteiger partial charge in [0, 0.05) is 6.54 Å². The van der Waals surface area contributed by atoms with Crippen molar-refractivity contribution in [1.82, 2.24) is 20.2 Å². The second-order valence-corrected chi connectivity index (χ2v) is 4.23. The predicted octanol–water partition coefficient (Wildman–Crippen LogP) is 0.582. The molecule has 0 amide bonds. The number of hydrogen-bond acceptors (Lipinski definition) is 4. The maximum absolute atomic E-state index is 5.85. The van der Waals surface area contributed by atoms with Crippen LogP contribution in [0.5, 0.6) is 0 Å². The number of nitrogens with zero attached hydrogens (tertiary/aromatic N) is 4. The van der Waals surface area contributed by atoms with Crippen LogP contribution in [-0.2, 0) is 6.54 Å². The van der Waals surface area contributed by atoms with Gasteiger partial charge in [-0.1, -0.05) is 12.8 Å². The number of rotatable bonds is 4. The summed E-state index contributed by atoms with van der Waals surface area (Å²) < 4.78 is 1.79. The summed E-state index contributed by atoms with van der Waals surface area (Å²) >= 11 is 0. The summed E-state index contributed by atoms with van der Waals surface area (Å²) in [7, 11) is 0. The lowest BCUT2D eigenvalue weighted by molar-refractivity contribution is 0.260. The third-order valence-corrected chi connectivity index (χ3v) is 3.36. The number of tetrazole rings is 1. The molecule has 1 aliphatic rings. The molecule has 5 nitrogen and oxygen atoms in total. The van der Waals surface area contributed by atoms with Crippen LogP contribution in [-0.4, -0.2) is 26.8 Å². The van der Waals surface area contributed by atoms with E-state index in [1.165, 1.54) is 25.7 Å². The lowest BCUT2D eigenvalue weighted by atomic mass is 9.83. The second-order valence-electron chi connectivity index (χ2n) is 4.23. The van der Waals surface area contributed by atoms with Gasteiger partial charge in [0.1, 0.15) is 6.33 Å². The van der Waals surface area contributed by atoms with Gasteiger partial charge < -0.3 is 5.73 Å². The SMILES string of the molecule is NCC1(CCn2cnnn2)CCCC1. The molecule has 0 aromatic carbocycles. The van der Waals surface area contributed by atoms with E-state index in [9.17, 15) is 0 Å². The molecule has 5 heteroatoms. The average molecular weight is 195 g/mol. The van der Waals surface area contributed by atoms with Crippen molar-refractivity contribution in [3.8, 4) is 0 Å². The highest BCUT2D eigenvalue weighted by molar-refractivity contribution is 4.85. The summed E-state index contributed by atoms with van der Waals surface area (Å²) in [5.74, 6) is 0. The molecular formula is C9H17N5. The molecule has 78 valence electrons. The molecule has 2 rings (SSSR count). The molecule has 1 aliphatic carbocycles. The highest BCUT2D eigenvalue weighted by atomic mass is 15.5. The molecule has 1 fully saturated rings. The van der Waals surface area contributed by atoms with Crippen molar-refractivity contribution in [1.29, 1.82) is 0 Å². The van der Waals surface area contributed by atoms with Crippen molar-refractivity contribution in [3.63, 3.8) is 0 Å². The quantitative estimate of drug-likeness (QED) is 0.763. The van der Waals surface area contributed by atoms with Crippen molar-refractivity contribution in [3.05, 3.63) is 6.33 Å². The Morgan fingerprint density at radius 3 is 2.71 bits per heavy atom. The molecule has 0 spiro atoms. The summed E-state index contributed by atoms with van der Waals surface area (Å²) in [6.45, 7) is 1.69. The molecule has 0 atom stereocenters. The molecule has 0 saturated heterocycles. The fourth-order valence-electron chi connectivity index (χ4n) is 2.32. The lowest BCUT2D eigenvalue weighted by Gasteiger charge is -2.26. The van der Waals surface area contributed by atoms with Crippen LogP contribution in [0.25, 0.3) is 0 Å². The Labute approximate surface area is 83.7 Å². The first-order chi connectivity index (χ1) is 6.85. The first-order valence-corrected chi connectivity index (χ1v) is 5.26. The van der Waals surface area contributed by atoms with E-state index in [4.69, 9.17) is 5.73 Å². The van der Waals surface area contributed by atoms with Crippen molar-refractivity contribution in [2.24, 2.45) is 11.1 Å². The van der Waals surface area contributed by atoms with Gasteiger partial charge in [0.25, 0.3) is 0 Å². The number of nitrogens with two attached hydrogens (primary N) is 1. The molecule has 0 unspecified atom stereocenters. The Bertz CT molecular complexity index is 263. The van der Waals surface area contributed by atoms with Crippen molar-refractivity contribution in [2.75, 3.05) is 6.54 Å². The van der Waals surface area contributed by atoms with Gasteiger partial charge in [0.15, 0.2) is 0 Å². The second kappa shape index (κ2) is 4.04. The smallest absolute Gasteiger partial charge is 0.138 e. The van der Waals surface area contributed by atoms with Gasteiger partial charge in [-0.2, -0.15) is 0 Å². The maximum atomic E-state index is 5.85. The fraction of sp³-hybridized carbons (Fsp3) is 0.889. The predicted molar refractivity (Wildman–Crippen MR) is 52.4 cm³/mol. The Morgan fingerprint density at radius 1 is 1.36 bits per heavy atom. The highest BCUT2D eigenvalue weighted by Gasteiger charge is 2.31. The van der Waals surface area contributed by atoms with Crippen molar-refractivity contribution in [2.45, 2.75) is 38.6 Å². The van der Waals surface area contributed by atoms with Gasteiger partial charge in [-0.3, -0.25) is 0 Å². The van der Waals surface area contributed by atoms with Crippen LogP contribution in [0, 0.1) is 5.41 Å². The molecule has 1 aromatic rings. The van der Waals surface area contributed by atoms with Crippen LogP contribution in [0.4, 0.5) is 0 Å². The first kappa shape index (κ1) is 9.58. The number of hydrogen-bond donors (Lipinski definition) is 1. The van der Waals surface area contributed by atoms with E-state index in [0.29, 0.717) is 5.41 Å². The zero-order valence-corrected chi connectivity index (χ0v) is 8.39. The molecule has 2 N–H and O–H groups in total. The molecule has 1 saturated carbocycles. The molecule has 1 aromatic heterocycles. The van der Waals surface area contributed by atoms with Crippen LogP contribution in [0.2, 0.25) is 0 Å². The zero-order chi connectivity index (χ0) is 9.86. The summed E-state index contributed by atoms with van der Waals surface area (Å²) in [6, 6.07) is 0.